The summed E-state index contributed by atoms with van der Waals surface area (Å²) < 4.78 is 0. The fourth-order valence-electron chi connectivity index (χ4n) is 5.01. The largest absolute Gasteiger partial charge is 0.342 e. The van der Waals surface area contributed by atoms with E-state index in [2.05, 4.69) is 15.6 Å². The molecule has 2 saturated heterocycles. The van der Waals surface area contributed by atoms with Crippen molar-refractivity contribution in [3.8, 4) is 0 Å². The van der Waals surface area contributed by atoms with Crippen LogP contribution < -0.4 is 10.6 Å². The molecular weight excluding hydrogens is 364 g/mol. The zero-order valence-corrected chi connectivity index (χ0v) is 16.3. The molecule has 3 fully saturated rings. The Kier molecular flexibility index (Phi) is 5.37. The Balaban J connectivity index is 1.34. The zero-order chi connectivity index (χ0) is 18.9. The van der Waals surface area contributed by atoms with E-state index < -0.39 is 0 Å². The Bertz CT molecular complexity index is 702. The molecule has 7 heteroatoms. The van der Waals surface area contributed by atoms with Crippen LogP contribution in [0.4, 0.5) is 5.82 Å². The van der Waals surface area contributed by atoms with E-state index in [9.17, 15) is 9.59 Å². The quantitative estimate of drug-likeness (QED) is 0.832. The number of anilines is 1. The van der Waals surface area contributed by atoms with Crippen molar-refractivity contribution in [1.82, 2.24) is 15.2 Å². The van der Waals surface area contributed by atoms with Crippen molar-refractivity contribution in [2.75, 3.05) is 31.5 Å². The minimum atomic E-state index is -0.194. The first-order valence-corrected chi connectivity index (χ1v) is 10.4. The summed E-state index contributed by atoms with van der Waals surface area (Å²) >= 11 is 5.83. The molecule has 0 radical (unpaired) electrons. The van der Waals surface area contributed by atoms with Gasteiger partial charge in [0.15, 0.2) is 0 Å². The highest BCUT2D eigenvalue weighted by atomic mass is 35.5. The van der Waals surface area contributed by atoms with Crippen LogP contribution in [-0.2, 0) is 9.59 Å². The lowest BCUT2D eigenvalue weighted by atomic mass is 9.67. The molecule has 2 amide bonds. The number of piperidine rings is 1. The average Bonchev–Trinajstić information content (AvgIpc) is 3.14. The molecule has 146 valence electrons. The summed E-state index contributed by atoms with van der Waals surface area (Å²) in [6, 6.07) is 3.41. The Morgan fingerprint density at radius 3 is 2.78 bits per heavy atom. The number of rotatable bonds is 3. The minimum absolute atomic E-state index is 0.0202. The lowest BCUT2D eigenvalue weighted by Crippen LogP contribution is -2.52. The van der Waals surface area contributed by atoms with Crippen LogP contribution in [0.1, 0.15) is 38.5 Å². The average molecular weight is 391 g/mol. The number of carbonyl (C=O) groups is 2. The topological polar surface area (TPSA) is 74.3 Å². The standard InChI is InChI=1S/C20H27ClN4O2/c21-16-4-5-17(23-12-16)24-18(26)14-6-9-25(10-7-14)19(27)20-8-2-1-3-15(20)11-22-13-20/h4-5,12,14-15,22H,1-3,6-11,13H2,(H,23,24,26)/t15-,20+/m0/s1. The van der Waals surface area contributed by atoms with Gasteiger partial charge < -0.3 is 15.5 Å². The molecule has 2 aliphatic heterocycles. The summed E-state index contributed by atoms with van der Waals surface area (Å²) in [5, 5.41) is 6.86. The highest BCUT2D eigenvalue weighted by Gasteiger charge is 2.51. The third-order valence-electron chi connectivity index (χ3n) is 6.60. The molecule has 3 aliphatic rings. The molecule has 2 N–H and O–H groups in total. The number of pyridine rings is 1. The van der Waals surface area contributed by atoms with E-state index in [1.54, 1.807) is 12.1 Å². The van der Waals surface area contributed by atoms with Crippen molar-refractivity contribution in [3.63, 3.8) is 0 Å². The second kappa shape index (κ2) is 7.76. The van der Waals surface area contributed by atoms with Gasteiger partial charge in [-0.25, -0.2) is 4.98 Å². The third-order valence-corrected chi connectivity index (χ3v) is 6.82. The SMILES string of the molecule is O=C(Nc1ccc(Cl)cn1)C1CCN(C(=O)[C@@]23CCCC[C@H]2CNC3)CC1. The van der Waals surface area contributed by atoms with E-state index in [-0.39, 0.29) is 17.2 Å². The first-order valence-electron chi connectivity index (χ1n) is 10.0. The molecule has 0 spiro atoms. The van der Waals surface area contributed by atoms with Crippen LogP contribution in [0.3, 0.4) is 0 Å². The second-order valence-corrected chi connectivity index (χ2v) is 8.58. The van der Waals surface area contributed by atoms with E-state index in [0.717, 1.165) is 32.4 Å². The number of halogens is 1. The first-order chi connectivity index (χ1) is 13.1. The maximum Gasteiger partial charge on any atom is 0.230 e. The van der Waals surface area contributed by atoms with Crippen LogP contribution in [0.2, 0.25) is 5.02 Å². The molecule has 3 heterocycles. The Hall–Kier alpha value is -1.66. The lowest BCUT2D eigenvalue weighted by molar-refractivity contribution is -0.147. The van der Waals surface area contributed by atoms with Gasteiger partial charge in [0.2, 0.25) is 11.8 Å². The minimum Gasteiger partial charge on any atom is -0.342 e. The van der Waals surface area contributed by atoms with Gasteiger partial charge in [-0.3, -0.25) is 9.59 Å². The Morgan fingerprint density at radius 2 is 2.04 bits per heavy atom. The number of aromatic nitrogens is 1. The van der Waals surface area contributed by atoms with Crippen molar-refractivity contribution in [1.29, 1.82) is 0 Å². The Morgan fingerprint density at radius 1 is 1.22 bits per heavy atom. The lowest BCUT2D eigenvalue weighted by Gasteiger charge is -2.42. The van der Waals surface area contributed by atoms with Crippen molar-refractivity contribution in [2.45, 2.75) is 38.5 Å². The normalized spacial score (nSPS) is 28.6. The molecule has 6 nitrogen and oxygen atoms in total. The van der Waals surface area contributed by atoms with Gasteiger partial charge in [0.1, 0.15) is 5.82 Å². The predicted molar refractivity (Wildman–Crippen MR) is 104 cm³/mol. The maximum absolute atomic E-state index is 13.3. The smallest absolute Gasteiger partial charge is 0.230 e. The monoisotopic (exact) mass is 390 g/mol. The number of fused-ring (bicyclic) bond motifs is 1. The van der Waals surface area contributed by atoms with Gasteiger partial charge in [0.25, 0.3) is 0 Å². The number of nitrogens with one attached hydrogen (secondary N) is 2. The van der Waals surface area contributed by atoms with Gasteiger partial charge in [-0.15, -0.1) is 0 Å². The molecule has 4 rings (SSSR count). The van der Waals surface area contributed by atoms with Crippen LogP contribution >= 0.6 is 11.6 Å². The summed E-state index contributed by atoms with van der Waals surface area (Å²) in [5.41, 5.74) is -0.194. The van der Waals surface area contributed by atoms with Gasteiger partial charge in [-0.05, 0) is 50.3 Å². The van der Waals surface area contributed by atoms with Crippen molar-refractivity contribution in [2.24, 2.45) is 17.3 Å². The number of hydrogen-bond acceptors (Lipinski definition) is 4. The van der Waals surface area contributed by atoms with Crippen LogP contribution in [0.25, 0.3) is 0 Å². The summed E-state index contributed by atoms with van der Waals surface area (Å²) in [7, 11) is 0. The summed E-state index contributed by atoms with van der Waals surface area (Å²) in [5.74, 6) is 1.22. The molecule has 1 aromatic rings. The van der Waals surface area contributed by atoms with E-state index in [0.29, 0.717) is 48.6 Å². The van der Waals surface area contributed by atoms with Crippen molar-refractivity contribution in [3.05, 3.63) is 23.4 Å². The molecule has 0 unspecified atom stereocenters. The molecule has 27 heavy (non-hydrogen) atoms. The summed E-state index contributed by atoms with van der Waals surface area (Å²) in [6.45, 7) is 3.12. The van der Waals surface area contributed by atoms with Crippen LogP contribution in [0.5, 0.6) is 0 Å². The number of hydrogen-bond donors (Lipinski definition) is 2. The summed E-state index contributed by atoms with van der Waals surface area (Å²) in [4.78, 5) is 32.0. The van der Waals surface area contributed by atoms with Crippen LogP contribution in [0, 0.1) is 17.3 Å². The molecule has 0 aromatic carbocycles. The highest BCUT2D eigenvalue weighted by Crippen LogP contribution is 2.45. The summed E-state index contributed by atoms with van der Waals surface area (Å²) in [6.07, 6.45) is 7.49. The predicted octanol–water partition coefficient (Wildman–Crippen LogP) is 2.69. The van der Waals surface area contributed by atoms with Gasteiger partial charge >= 0.3 is 0 Å². The van der Waals surface area contributed by atoms with Crippen molar-refractivity contribution >= 4 is 29.2 Å². The molecule has 1 aromatic heterocycles. The molecule has 0 bridgehead atoms. The highest BCUT2D eigenvalue weighted by molar-refractivity contribution is 6.30. The third kappa shape index (κ3) is 3.69. The second-order valence-electron chi connectivity index (χ2n) is 8.15. The van der Waals surface area contributed by atoms with E-state index in [1.165, 1.54) is 12.6 Å². The van der Waals surface area contributed by atoms with Gasteiger partial charge in [0, 0.05) is 31.7 Å². The molecule has 2 atom stereocenters. The van der Waals surface area contributed by atoms with E-state index in [4.69, 9.17) is 11.6 Å². The molecule has 1 saturated carbocycles. The van der Waals surface area contributed by atoms with Gasteiger partial charge in [-0.2, -0.15) is 0 Å². The maximum atomic E-state index is 13.3. The van der Waals surface area contributed by atoms with E-state index >= 15 is 0 Å². The van der Waals surface area contributed by atoms with Crippen LogP contribution in [0.15, 0.2) is 18.3 Å². The molecular formula is C20H27ClN4O2. The molecule has 1 aliphatic carbocycles. The van der Waals surface area contributed by atoms with E-state index in [1.807, 2.05) is 4.90 Å². The van der Waals surface area contributed by atoms with Crippen LogP contribution in [-0.4, -0.2) is 47.9 Å². The number of amides is 2. The van der Waals surface area contributed by atoms with Gasteiger partial charge in [-0.1, -0.05) is 24.4 Å². The Labute approximate surface area is 165 Å². The number of likely N-dealkylation sites (tertiary alicyclic amines) is 1. The number of carbonyl (C=O) groups excluding carboxylic acids is 2. The first kappa shape index (κ1) is 18.7. The number of nitrogens with zero attached hydrogens (tertiary/aromatic N) is 2. The zero-order valence-electron chi connectivity index (χ0n) is 15.5. The van der Waals surface area contributed by atoms with Gasteiger partial charge in [0.05, 0.1) is 10.4 Å². The fraction of sp³-hybridized carbons (Fsp3) is 0.650. The van der Waals surface area contributed by atoms with Crippen molar-refractivity contribution < 1.29 is 9.59 Å². The fourth-order valence-corrected chi connectivity index (χ4v) is 5.12.